The van der Waals surface area contributed by atoms with E-state index in [4.69, 9.17) is 4.74 Å². The molecule has 1 unspecified atom stereocenters. The van der Waals surface area contributed by atoms with Crippen LogP contribution in [0.5, 0.6) is 0 Å². The molecule has 1 spiro atoms. The number of likely N-dealkylation sites (tertiary alicyclic amines) is 1. The average Bonchev–Trinajstić information content (AvgIpc) is 3.00. The Kier molecular flexibility index (Phi) is 6.70. The van der Waals surface area contributed by atoms with Gasteiger partial charge in [-0.25, -0.2) is 0 Å². The molecule has 3 amide bonds. The third-order valence-corrected chi connectivity index (χ3v) is 8.17. The smallest absolute Gasteiger partial charge is 0.249 e. The van der Waals surface area contributed by atoms with E-state index < -0.39 is 34.6 Å². The molecule has 4 aliphatic rings. The summed E-state index contributed by atoms with van der Waals surface area (Å²) in [5.74, 6) is -2.18. The summed E-state index contributed by atoms with van der Waals surface area (Å²) in [6, 6.07) is -0.940. The quantitative estimate of drug-likeness (QED) is 0.565. The average molecular weight is 502 g/mol. The Labute approximate surface area is 215 Å². The van der Waals surface area contributed by atoms with Gasteiger partial charge in [-0.15, -0.1) is 0 Å². The highest BCUT2D eigenvalue weighted by Crippen LogP contribution is 2.57. The van der Waals surface area contributed by atoms with Gasteiger partial charge in [0.25, 0.3) is 0 Å². The number of hydrogen-bond donors (Lipinski definition) is 1. The van der Waals surface area contributed by atoms with Gasteiger partial charge < -0.3 is 24.5 Å². The maximum atomic E-state index is 14.4. The number of ether oxygens (including phenoxy) is 1. The van der Waals surface area contributed by atoms with Crippen molar-refractivity contribution in [1.29, 1.82) is 0 Å². The molecule has 0 radical (unpaired) electrons. The van der Waals surface area contributed by atoms with Crippen LogP contribution in [0.2, 0.25) is 0 Å². The fourth-order valence-electron chi connectivity index (χ4n) is 7.33. The minimum atomic E-state index is -1.27. The lowest BCUT2D eigenvalue weighted by Crippen LogP contribution is -2.60. The fourth-order valence-corrected chi connectivity index (χ4v) is 7.33. The molecule has 36 heavy (non-hydrogen) atoms. The first-order valence-electron chi connectivity index (χ1n) is 13.3. The summed E-state index contributed by atoms with van der Waals surface area (Å²) in [6.45, 7) is 15.7. The number of amides is 3. The lowest BCUT2D eigenvalue weighted by Gasteiger charge is -2.44. The molecule has 4 heterocycles. The summed E-state index contributed by atoms with van der Waals surface area (Å²) >= 11 is 0. The Morgan fingerprint density at radius 1 is 0.972 bits per heavy atom. The third-order valence-electron chi connectivity index (χ3n) is 8.17. The van der Waals surface area contributed by atoms with Crippen LogP contribution in [0, 0.1) is 17.3 Å². The van der Waals surface area contributed by atoms with Gasteiger partial charge in [0.2, 0.25) is 17.7 Å². The molecule has 0 bridgehead atoms. The highest BCUT2D eigenvalue weighted by Gasteiger charge is 2.74. The molecule has 4 aliphatic heterocycles. The molecule has 2 saturated heterocycles. The molecule has 0 aromatic heterocycles. The number of β-amino-alcohol motifs (C(OH)–C–C–N with tert-alkyl or cyclic N) is 1. The first-order valence-corrected chi connectivity index (χ1v) is 13.3. The molecule has 0 aromatic rings. The Bertz CT molecular complexity index is 982. The van der Waals surface area contributed by atoms with Crippen molar-refractivity contribution in [3.63, 3.8) is 0 Å². The zero-order valence-corrected chi connectivity index (χ0v) is 22.9. The molecule has 8 heteroatoms. The minimum absolute atomic E-state index is 0.0131. The fraction of sp³-hybridized carbons (Fsp3) is 0.750. The number of aliphatic hydroxyl groups is 1. The molecule has 1 N–H and O–H groups in total. The Balaban J connectivity index is 1.83. The summed E-state index contributed by atoms with van der Waals surface area (Å²) in [6.07, 6.45) is 9.22. The second-order valence-electron chi connectivity index (χ2n) is 12.8. The van der Waals surface area contributed by atoms with Gasteiger partial charge in [0.05, 0.1) is 24.0 Å². The normalized spacial score (nSPS) is 34.6. The summed E-state index contributed by atoms with van der Waals surface area (Å²) < 4.78 is 6.79. The van der Waals surface area contributed by atoms with E-state index in [0.717, 1.165) is 12.8 Å². The van der Waals surface area contributed by atoms with Crippen molar-refractivity contribution in [2.45, 2.75) is 84.1 Å². The lowest BCUT2D eigenvalue weighted by atomic mass is 9.74. The van der Waals surface area contributed by atoms with Crippen molar-refractivity contribution in [3.8, 4) is 0 Å². The number of fused-ring (bicyclic) bond motifs is 2. The monoisotopic (exact) mass is 501 g/mol. The molecule has 4 rings (SSSR count). The van der Waals surface area contributed by atoms with Crippen molar-refractivity contribution in [2.75, 3.05) is 32.8 Å². The van der Waals surface area contributed by atoms with Gasteiger partial charge in [0.1, 0.15) is 11.6 Å². The third kappa shape index (κ3) is 4.10. The molecule has 8 nitrogen and oxygen atoms in total. The molecule has 0 aromatic carbocycles. The van der Waals surface area contributed by atoms with Crippen LogP contribution in [0.25, 0.3) is 0 Å². The molecule has 200 valence electrons. The predicted molar refractivity (Wildman–Crippen MR) is 137 cm³/mol. The standard InChI is InChI=1S/C28H43N3O5/c1-8-13-29-14-9-11-27(7)19(22(29)33)20-23(34)30(16-17-32)21-24(35)31(15-10-12-28(20,21)36-27)26(5,6)18-25(2,3)4/h9-12,19-21,32H,8,13-18H2,1-7H3/t19-,20+,21?,27+,28+/m1/s1. The van der Waals surface area contributed by atoms with E-state index in [1.807, 2.05) is 43.1 Å². The van der Waals surface area contributed by atoms with Crippen LogP contribution in [0.1, 0.15) is 61.3 Å². The van der Waals surface area contributed by atoms with E-state index in [-0.39, 0.29) is 36.3 Å². The summed E-state index contributed by atoms with van der Waals surface area (Å²) in [4.78, 5) is 47.4. The molecule has 2 fully saturated rings. The summed E-state index contributed by atoms with van der Waals surface area (Å²) in [7, 11) is 0. The topological polar surface area (TPSA) is 90.4 Å². The number of carbonyl (C=O) groups is 3. The van der Waals surface area contributed by atoms with Crippen molar-refractivity contribution in [1.82, 2.24) is 14.7 Å². The van der Waals surface area contributed by atoms with Crippen molar-refractivity contribution in [2.24, 2.45) is 17.3 Å². The van der Waals surface area contributed by atoms with Crippen molar-refractivity contribution < 1.29 is 24.2 Å². The van der Waals surface area contributed by atoms with E-state index in [1.165, 1.54) is 4.90 Å². The molecular formula is C28H43N3O5. The summed E-state index contributed by atoms with van der Waals surface area (Å²) in [5, 5.41) is 9.86. The number of rotatable bonds is 6. The highest BCUT2D eigenvalue weighted by molar-refractivity contribution is 6.00. The van der Waals surface area contributed by atoms with Gasteiger partial charge in [0, 0.05) is 31.7 Å². The Morgan fingerprint density at radius 2 is 1.64 bits per heavy atom. The van der Waals surface area contributed by atoms with Crippen LogP contribution in [0.4, 0.5) is 0 Å². The van der Waals surface area contributed by atoms with Gasteiger partial charge in [-0.1, -0.05) is 52.0 Å². The first-order chi connectivity index (χ1) is 16.7. The number of aliphatic hydroxyl groups excluding tert-OH is 1. The summed E-state index contributed by atoms with van der Waals surface area (Å²) in [5.41, 5.74) is -2.77. The number of hydrogen-bond acceptors (Lipinski definition) is 5. The number of carbonyl (C=O) groups excluding carboxylic acids is 3. The van der Waals surface area contributed by atoms with Crippen LogP contribution in [0.15, 0.2) is 24.3 Å². The van der Waals surface area contributed by atoms with E-state index in [0.29, 0.717) is 19.6 Å². The van der Waals surface area contributed by atoms with Crippen LogP contribution in [-0.4, -0.2) is 93.1 Å². The highest BCUT2D eigenvalue weighted by atomic mass is 16.5. The molecule has 0 saturated carbocycles. The molecular weight excluding hydrogens is 458 g/mol. The maximum Gasteiger partial charge on any atom is 0.249 e. The predicted octanol–water partition coefficient (Wildman–Crippen LogP) is 2.37. The van der Waals surface area contributed by atoms with Crippen molar-refractivity contribution in [3.05, 3.63) is 24.3 Å². The van der Waals surface area contributed by atoms with E-state index in [2.05, 4.69) is 34.6 Å². The van der Waals surface area contributed by atoms with Gasteiger partial charge >= 0.3 is 0 Å². The second kappa shape index (κ2) is 8.98. The number of nitrogens with zero attached hydrogens (tertiary/aromatic N) is 3. The van der Waals surface area contributed by atoms with Crippen LogP contribution >= 0.6 is 0 Å². The van der Waals surface area contributed by atoms with Crippen LogP contribution in [0.3, 0.4) is 0 Å². The zero-order chi connectivity index (χ0) is 26.7. The van der Waals surface area contributed by atoms with E-state index in [1.54, 1.807) is 4.90 Å². The SMILES string of the molecule is CCCN1CC=C[C@]2(C)O[C@]34C=CCN(C(C)(C)CC(C)(C)C)C(=O)C3N(CCO)C(=O)[C@@H]4[C@@H]2C1=O. The lowest BCUT2D eigenvalue weighted by molar-refractivity contribution is -0.156. The Hall–Kier alpha value is -2.19. The second-order valence-corrected chi connectivity index (χ2v) is 12.8. The first kappa shape index (κ1) is 26.9. The van der Waals surface area contributed by atoms with Gasteiger partial charge in [-0.05, 0) is 39.0 Å². The maximum absolute atomic E-state index is 14.4. The molecule has 5 atom stereocenters. The van der Waals surface area contributed by atoms with E-state index >= 15 is 0 Å². The molecule has 0 aliphatic carbocycles. The van der Waals surface area contributed by atoms with Crippen molar-refractivity contribution >= 4 is 17.7 Å². The zero-order valence-electron chi connectivity index (χ0n) is 22.9. The van der Waals surface area contributed by atoms with E-state index in [9.17, 15) is 19.5 Å². The van der Waals surface area contributed by atoms with Crippen LogP contribution in [-0.2, 0) is 19.1 Å². The van der Waals surface area contributed by atoms with Gasteiger partial charge in [0.15, 0.2) is 0 Å². The largest absolute Gasteiger partial charge is 0.395 e. The Morgan fingerprint density at radius 3 is 2.25 bits per heavy atom. The van der Waals surface area contributed by atoms with Crippen LogP contribution < -0.4 is 0 Å². The van der Waals surface area contributed by atoms with Gasteiger partial charge in [-0.2, -0.15) is 0 Å². The van der Waals surface area contributed by atoms with Gasteiger partial charge in [-0.3, -0.25) is 14.4 Å². The minimum Gasteiger partial charge on any atom is -0.395 e.